The van der Waals surface area contributed by atoms with Gasteiger partial charge >= 0.3 is 0 Å². The van der Waals surface area contributed by atoms with Gasteiger partial charge in [-0.1, -0.05) is 0 Å². The molecule has 0 radical (unpaired) electrons. The number of ether oxygens (including phenoxy) is 1. The Bertz CT molecular complexity index is 393. The van der Waals surface area contributed by atoms with Crippen LogP contribution in [0.15, 0.2) is 12.3 Å². The zero-order valence-corrected chi connectivity index (χ0v) is 11.2. The molecule has 100 valence electrons. The van der Waals surface area contributed by atoms with E-state index in [9.17, 15) is 0 Å². The maximum absolute atomic E-state index is 9.10. The first kappa shape index (κ1) is 13.3. The summed E-state index contributed by atoms with van der Waals surface area (Å²) in [6, 6.07) is 2.01. The molecule has 1 N–H and O–H groups in total. The van der Waals surface area contributed by atoms with E-state index in [0.717, 1.165) is 49.5 Å². The van der Waals surface area contributed by atoms with Crippen LogP contribution in [-0.2, 0) is 11.3 Å². The van der Waals surface area contributed by atoms with Crippen molar-refractivity contribution in [1.29, 1.82) is 0 Å². The van der Waals surface area contributed by atoms with E-state index in [4.69, 9.17) is 9.84 Å². The normalized spacial score (nSPS) is 20.2. The lowest BCUT2D eigenvalue weighted by Crippen LogP contribution is -2.40. The van der Waals surface area contributed by atoms with Crippen molar-refractivity contribution in [3.05, 3.63) is 23.4 Å². The maximum atomic E-state index is 9.10. The molecule has 2 heterocycles. The third-order valence-electron chi connectivity index (χ3n) is 3.37. The topological polar surface area (TPSA) is 45.6 Å². The molecule has 1 fully saturated rings. The Morgan fingerprint density at radius 2 is 2.39 bits per heavy atom. The second-order valence-corrected chi connectivity index (χ2v) is 4.81. The van der Waals surface area contributed by atoms with E-state index in [1.807, 2.05) is 19.9 Å². The van der Waals surface area contributed by atoms with E-state index in [0.29, 0.717) is 6.10 Å². The summed E-state index contributed by atoms with van der Waals surface area (Å²) in [5.41, 5.74) is 1.99. The average Bonchev–Trinajstić information content (AvgIpc) is 2.39. The Kier molecular flexibility index (Phi) is 4.55. The molecule has 1 aliphatic rings. The number of aliphatic hydroxyl groups excluding tert-OH is 1. The number of nitrogens with zero attached hydrogens (tertiary/aromatic N) is 2. The summed E-state index contributed by atoms with van der Waals surface area (Å²) in [5.74, 6) is 1.02. The van der Waals surface area contributed by atoms with Gasteiger partial charge < -0.3 is 14.7 Å². The van der Waals surface area contributed by atoms with Gasteiger partial charge in [-0.3, -0.25) is 0 Å². The van der Waals surface area contributed by atoms with Crippen molar-refractivity contribution in [2.24, 2.45) is 0 Å². The SMILES string of the molecule is CCOC1CCCN(c2ncc(CO)cc2C)C1. The molecular weight excluding hydrogens is 228 g/mol. The van der Waals surface area contributed by atoms with Crippen LogP contribution in [0.25, 0.3) is 0 Å². The number of rotatable bonds is 4. The monoisotopic (exact) mass is 250 g/mol. The fraction of sp³-hybridized carbons (Fsp3) is 0.643. The van der Waals surface area contributed by atoms with Crippen molar-refractivity contribution >= 4 is 5.82 Å². The number of aryl methyl sites for hydroxylation is 1. The van der Waals surface area contributed by atoms with Gasteiger partial charge in [0.15, 0.2) is 0 Å². The highest BCUT2D eigenvalue weighted by Gasteiger charge is 2.22. The molecule has 18 heavy (non-hydrogen) atoms. The number of aliphatic hydroxyl groups is 1. The van der Waals surface area contributed by atoms with Gasteiger partial charge in [-0.15, -0.1) is 0 Å². The van der Waals surface area contributed by atoms with E-state index in [2.05, 4.69) is 9.88 Å². The first-order valence-electron chi connectivity index (χ1n) is 6.67. The van der Waals surface area contributed by atoms with Crippen LogP contribution in [0, 0.1) is 6.92 Å². The van der Waals surface area contributed by atoms with Gasteiger partial charge in [0.05, 0.1) is 12.7 Å². The van der Waals surface area contributed by atoms with Crippen LogP contribution in [0.5, 0.6) is 0 Å². The molecule has 0 aromatic carbocycles. The molecule has 1 aromatic heterocycles. The molecule has 0 bridgehead atoms. The van der Waals surface area contributed by atoms with E-state index in [1.54, 1.807) is 6.20 Å². The van der Waals surface area contributed by atoms with E-state index < -0.39 is 0 Å². The molecular formula is C14H22N2O2. The van der Waals surface area contributed by atoms with Crippen molar-refractivity contribution in [3.63, 3.8) is 0 Å². The number of pyridine rings is 1. The quantitative estimate of drug-likeness (QED) is 0.886. The lowest BCUT2D eigenvalue weighted by atomic mass is 10.1. The van der Waals surface area contributed by atoms with E-state index in [1.165, 1.54) is 0 Å². The predicted molar refractivity (Wildman–Crippen MR) is 71.8 cm³/mol. The summed E-state index contributed by atoms with van der Waals surface area (Å²) >= 11 is 0. The van der Waals surface area contributed by atoms with Gasteiger partial charge in [0.25, 0.3) is 0 Å². The van der Waals surface area contributed by atoms with Crippen LogP contribution in [0.1, 0.15) is 30.9 Å². The molecule has 2 rings (SSSR count). The third kappa shape index (κ3) is 3.00. The van der Waals surface area contributed by atoms with E-state index in [-0.39, 0.29) is 6.61 Å². The summed E-state index contributed by atoms with van der Waals surface area (Å²) < 4.78 is 5.71. The van der Waals surface area contributed by atoms with Gasteiger partial charge in [0.2, 0.25) is 0 Å². The lowest BCUT2D eigenvalue weighted by molar-refractivity contribution is 0.0525. The number of anilines is 1. The molecule has 4 nitrogen and oxygen atoms in total. The molecule has 1 unspecified atom stereocenters. The van der Waals surface area contributed by atoms with Crippen LogP contribution in [0.3, 0.4) is 0 Å². The minimum Gasteiger partial charge on any atom is -0.392 e. The summed E-state index contributed by atoms with van der Waals surface area (Å²) in [6.07, 6.45) is 4.36. The second-order valence-electron chi connectivity index (χ2n) is 4.81. The van der Waals surface area contributed by atoms with Gasteiger partial charge in [-0.2, -0.15) is 0 Å². The zero-order valence-electron chi connectivity index (χ0n) is 11.2. The Balaban J connectivity index is 2.10. The number of hydrogen-bond acceptors (Lipinski definition) is 4. The predicted octanol–water partition coefficient (Wildman–Crippen LogP) is 1.89. The zero-order chi connectivity index (χ0) is 13.0. The number of aromatic nitrogens is 1. The summed E-state index contributed by atoms with van der Waals surface area (Å²) in [7, 11) is 0. The van der Waals surface area contributed by atoms with Crippen LogP contribution >= 0.6 is 0 Å². The fourth-order valence-corrected chi connectivity index (χ4v) is 2.55. The molecule has 1 aromatic rings. The van der Waals surface area contributed by atoms with Crippen LogP contribution in [0.4, 0.5) is 5.82 Å². The Morgan fingerprint density at radius 3 is 3.06 bits per heavy atom. The highest BCUT2D eigenvalue weighted by atomic mass is 16.5. The molecule has 0 aliphatic carbocycles. The smallest absolute Gasteiger partial charge is 0.131 e. The Hall–Kier alpha value is -1.13. The lowest BCUT2D eigenvalue weighted by Gasteiger charge is -2.34. The summed E-state index contributed by atoms with van der Waals surface area (Å²) in [6.45, 7) is 6.87. The fourth-order valence-electron chi connectivity index (χ4n) is 2.55. The summed E-state index contributed by atoms with van der Waals surface area (Å²) in [5, 5.41) is 9.10. The maximum Gasteiger partial charge on any atom is 0.131 e. The number of piperidine rings is 1. The highest BCUT2D eigenvalue weighted by Crippen LogP contribution is 2.23. The van der Waals surface area contributed by atoms with Gasteiger partial charge in [-0.25, -0.2) is 4.98 Å². The number of hydrogen-bond donors (Lipinski definition) is 1. The molecule has 1 atom stereocenters. The largest absolute Gasteiger partial charge is 0.392 e. The van der Waals surface area contributed by atoms with Crippen LogP contribution in [-0.4, -0.2) is 35.9 Å². The van der Waals surface area contributed by atoms with Crippen molar-refractivity contribution in [1.82, 2.24) is 4.98 Å². The first-order valence-corrected chi connectivity index (χ1v) is 6.67. The minimum atomic E-state index is 0.0513. The molecule has 0 spiro atoms. The first-order chi connectivity index (χ1) is 8.74. The highest BCUT2D eigenvalue weighted by molar-refractivity contribution is 5.47. The van der Waals surface area contributed by atoms with Gasteiger partial charge in [0, 0.05) is 25.9 Å². The molecule has 0 saturated carbocycles. The van der Waals surface area contributed by atoms with Gasteiger partial charge in [-0.05, 0) is 43.9 Å². The molecule has 0 amide bonds. The van der Waals surface area contributed by atoms with Crippen molar-refractivity contribution < 1.29 is 9.84 Å². The molecule has 1 aliphatic heterocycles. The standard InChI is InChI=1S/C14H22N2O2/c1-3-18-13-5-4-6-16(9-13)14-11(2)7-12(10-17)8-15-14/h7-8,13,17H,3-6,9-10H2,1-2H3. The third-order valence-corrected chi connectivity index (χ3v) is 3.37. The van der Waals surface area contributed by atoms with E-state index >= 15 is 0 Å². The van der Waals surface area contributed by atoms with Crippen molar-refractivity contribution in [2.45, 2.75) is 39.4 Å². The van der Waals surface area contributed by atoms with Crippen LogP contribution < -0.4 is 4.90 Å². The van der Waals surface area contributed by atoms with Crippen LogP contribution in [0.2, 0.25) is 0 Å². The minimum absolute atomic E-state index is 0.0513. The van der Waals surface area contributed by atoms with Gasteiger partial charge in [0.1, 0.15) is 5.82 Å². The Labute approximate surface area is 109 Å². The second kappa shape index (κ2) is 6.16. The molecule has 4 heteroatoms. The van der Waals surface area contributed by atoms with Crippen molar-refractivity contribution in [2.75, 3.05) is 24.6 Å². The van der Waals surface area contributed by atoms with Crippen molar-refractivity contribution in [3.8, 4) is 0 Å². The molecule has 1 saturated heterocycles. The average molecular weight is 250 g/mol. The summed E-state index contributed by atoms with van der Waals surface area (Å²) in [4.78, 5) is 6.77. The Morgan fingerprint density at radius 1 is 1.56 bits per heavy atom.